The fourth-order valence-electron chi connectivity index (χ4n) is 1.84. The zero-order valence-corrected chi connectivity index (χ0v) is 12.8. The largest absolute Gasteiger partial charge is 0.453 e. The van der Waals surface area contributed by atoms with E-state index in [1.807, 2.05) is 0 Å². The van der Waals surface area contributed by atoms with E-state index >= 15 is 0 Å². The fourth-order valence-corrected chi connectivity index (χ4v) is 3.33. The van der Waals surface area contributed by atoms with Crippen LogP contribution in [0.15, 0.2) is 44.6 Å². The quantitative estimate of drug-likeness (QED) is 0.574. The van der Waals surface area contributed by atoms with Crippen LogP contribution in [-0.2, 0) is 0 Å². The van der Waals surface area contributed by atoms with Gasteiger partial charge in [-0.05, 0) is 24.6 Å². The van der Waals surface area contributed by atoms with E-state index in [9.17, 15) is 18.0 Å². The molecule has 2 aromatic rings. The molecule has 0 saturated carbocycles. The molecule has 1 aromatic heterocycles. The Morgan fingerprint density at radius 1 is 1.14 bits per heavy atom. The topological polar surface area (TPSA) is 30.2 Å². The van der Waals surface area contributed by atoms with E-state index in [1.165, 1.54) is 18.6 Å². The molecule has 0 amide bonds. The molecule has 2 nitrogen and oxygen atoms in total. The van der Waals surface area contributed by atoms with Gasteiger partial charge in [-0.25, -0.2) is 0 Å². The van der Waals surface area contributed by atoms with E-state index in [1.54, 1.807) is 24.3 Å². The third kappa shape index (κ3) is 3.29. The third-order valence-corrected chi connectivity index (χ3v) is 4.88. The Bertz CT molecular complexity index is 663. The number of para-hydroxylation sites is 1. The van der Waals surface area contributed by atoms with Crippen LogP contribution in [0.5, 0.6) is 0 Å². The molecule has 0 aliphatic heterocycles. The molecule has 0 radical (unpaired) electrons. The van der Waals surface area contributed by atoms with Gasteiger partial charge in [-0.15, -0.1) is 23.5 Å². The van der Waals surface area contributed by atoms with Crippen LogP contribution in [-0.4, -0.2) is 24.5 Å². The molecular formula is C14H11F3O2S2. The minimum atomic E-state index is -4.72. The molecule has 1 aromatic carbocycles. The highest BCUT2D eigenvalue weighted by Crippen LogP contribution is 2.39. The molecule has 0 N–H and O–H groups in total. The van der Waals surface area contributed by atoms with Crippen molar-refractivity contribution in [2.24, 2.45) is 0 Å². The molecule has 112 valence electrons. The van der Waals surface area contributed by atoms with Crippen molar-refractivity contribution in [2.45, 2.75) is 6.18 Å². The minimum absolute atomic E-state index is 0.0760. The molecular weight excluding hydrogens is 321 g/mol. The maximum atomic E-state index is 13.2. The summed E-state index contributed by atoms with van der Waals surface area (Å²) in [4.78, 5) is 12.2. The van der Waals surface area contributed by atoms with Gasteiger partial charge < -0.3 is 4.42 Å². The van der Waals surface area contributed by atoms with Crippen molar-refractivity contribution >= 4 is 40.3 Å². The average Bonchev–Trinajstić information content (AvgIpc) is 2.86. The van der Waals surface area contributed by atoms with Gasteiger partial charge >= 0.3 is 6.18 Å². The van der Waals surface area contributed by atoms with Gasteiger partial charge in [0.05, 0.1) is 4.24 Å². The first-order chi connectivity index (χ1) is 9.88. The van der Waals surface area contributed by atoms with Gasteiger partial charge in [0.15, 0.2) is 5.76 Å². The summed E-state index contributed by atoms with van der Waals surface area (Å²) in [7, 11) is 0. The summed E-state index contributed by atoms with van der Waals surface area (Å²) in [6.45, 7) is 0. The minimum Gasteiger partial charge on any atom is -0.453 e. The second kappa shape index (κ2) is 6.19. The van der Waals surface area contributed by atoms with Crippen molar-refractivity contribution < 1.29 is 22.4 Å². The number of halogens is 3. The number of carbonyl (C=O) groups excluding carboxylic acids is 1. The Hall–Kier alpha value is -1.34. The zero-order valence-electron chi connectivity index (χ0n) is 11.2. The van der Waals surface area contributed by atoms with Crippen LogP contribution < -0.4 is 0 Å². The van der Waals surface area contributed by atoms with Gasteiger partial charge in [0, 0.05) is 5.39 Å². The van der Waals surface area contributed by atoms with Crippen LogP contribution in [0.2, 0.25) is 0 Å². The Balaban J connectivity index is 2.55. The monoisotopic (exact) mass is 332 g/mol. The molecule has 1 heterocycles. The number of benzene rings is 1. The second-order valence-corrected chi connectivity index (χ2v) is 5.94. The molecule has 0 aliphatic carbocycles. The first kappa shape index (κ1) is 16.0. The van der Waals surface area contributed by atoms with Crippen LogP contribution in [0.3, 0.4) is 0 Å². The summed E-state index contributed by atoms with van der Waals surface area (Å²) < 4.78 is 44.7. The molecule has 2 rings (SSSR count). The van der Waals surface area contributed by atoms with E-state index in [0.717, 1.165) is 23.5 Å². The van der Waals surface area contributed by atoms with Crippen LogP contribution in [0.4, 0.5) is 13.2 Å². The van der Waals surface area contributed by atoms with E-state index < -0.39 is 17.5 Å². The van der Waals surface area contributed by atoms with Gasteiger partial charge in [-0.2, -0.15) is 13.2 Å². The normalized spacial score (nSPS) is 11.7. The molecule has 21 heavy (non-hydrogen) atoms. The Morgan fingerprint density at radius 3 is 2.29 bits per heavy atom. The molecule has 0 unspecified atom stereocenters. The Kier molecular flexibility index (Phi) is 4.73. The van der Waals surface area contributed by atoms with Crippen molar-refractivity contribution in [1.29, 1.82) is 0 Å². The summed E-state index contributed by atoms with van der Waals surface area (Å²) in [5.41, 5.74) is -0.793. The number of thioether (sulfide) groups is 2. The van der Waals surface area contributed by atoms with Gasteiger partial charge in [0.2, 0.25) is 5.78 Å². The van der Waals surface area contributed by atoms with Crippen LogP contribution in [0.1, 0.15) is 10.6 Å². The van der Waals surface area contributed by atoms with Gasteiger partial charge in [0.25, 0.3) is 0 Å². The molecule has 0 fully saturated rings. The van der Waals surface area contributed by atoms with Crippen LogP contribution in [0.25, 0.3) is 11.0 Å². The number of hydrogen-bond acceptors (Lipinski definition) is 4. The summed E-state index contributed by atoms with van der Waals surface area (Å²) in [5, 5.41) is 0.595. The fraction of sp³-hybridized carbons (Fsp3) is 0.214. The van der Waals surface area contributed by atoms with E-state index in [2.05, 4.69) is 0 Å². The van der Waals surface area contributed by atoms with Crippen molar-refractivity contribution in [2.75, 3.05) is 12.5 Å². The first-order valence-corrected chi connectivity index (χ1v) is 8.26. The SMILES string of the molecule is CSC(SC)=C(C(=O)c1cc2ccccc2o1)C(F)(F)F. The number of hydrogen-bond donors (Lipinski definition) is 0. The lowest BCUT2D eigenvalue weighted by atomic mass is 10.1. The number of rotatable bonds is 4. The molecule has 7 heteroatoms. The van der Waals surface area contributed by atoms with Crippen LogP contribution in [0, 0.1) is 0 Å². The molecule has 0 atom stereocenters. The van der Waals surface area contributed by atoms with E-state index in [-0.39, 0.29) is 10.00 Å². The second-order valence-electron chi connectivity index (χ2n) is 4.05. The summed E-state index contributed by atoms with van der Waals surface area (Å²) in [6.07, 6.45) is -1.72. The highest BCUT2D eigenvalue weighted by atomic mass is 32.2. The van der Waals surface area contributed by atoms with E-state index in [0.29, 0.717) is 11.0 Å². The van der Waals surface area contributed by atoms with Gasteiger partial charge in [-0.1, -0.05) is 18.2 Å². The summed E-state index contributed by atoms with van der Waals surface area (Å²) in [6, 6.07) is 8.03. The maximum Gasteiger partial charge on any atom is 0.421 e. The number of Topliss-reactive ketones (excluding diaryl/α,β-unsaturated/α-hetero) is 1. The molecule has 0 bridgehead atoms. The highest BCUT2D eigenvalue weighted by Gasteiger charge is 2.42. The van der Waals surface area contributed by atoms with Crippen molar-refractivity contribution in [3.05, 3.63) is 45.9 Å². The van der Waals surface area contributed by atoms with Crippen molar-refractivity contribution in [1.82, 2.24) is 0 Å². The molecule has 0 aliphatic rings. The predicted molar refractivity (Wildman–Crippen MR) is 80.7 cm³/mol. The van der Waals surface area contributed by atoms with Gasteiger partial charge in [0.1, 0.15) is 11.2 Å². The van der Waals surface area contributed by atoms with Crippen molar-refractivity contribution in [3.63, 3.8) is 0 Å². The lowest BCUT2D eigenvalue weighted by Gasteiger charge is -2.13. The number of furan rings is 1. The predicted octanol–water partition coefficient (Wildman–Crippen LogP) is 5.12. The average molecular weight is 332 g/mol. The smallest absolute Gasteiger partial charge is 0.421 e. The number of carbonyl (C=O) groups is 1. The maximum absolute atomic E-state index is 13.2. The van der Waals surface area contributed by atoms with Crippen molar-refractivity contribution in [3.8, 4) is 0 Å². The lowest BCUT2D eigenvalue weighted by molar-refractivity contribution is -0.0888. The number of ketones is 1. The summed E-state index contributed by atoms with van der Waals surface area (Å²) >= 11 is 1.79. The first-order valence-electron chi connectivity index (χ1n) is 5.81. The third-order valence-electron chi connectivity index (χ3n) is 2.73. The highest BCUT2D eigenvalue weighted by molar-refractivity contribution is 8.21. The zero-order chi connectivity index (χ0) is 15.6. The summed E-state index contributed by atoms with van der Waals surface area (Å²) in [5.74, 6) is -1.44. The standard InChI is InChI=1S/C14H11F3O2S2/c1-20-13(21-2)11(14(15,16)17)12(18)10-7-8-5-3-4-6-9(8)19-10/h3-7H,1-2H3. The molecule has 0 saturated heterocycles. The Labute approximate surface area is 127 Å². The number of allylic oxidation sites excluding steroid dienone is 1. The van der Waals surface area contributed by atoms with Gasteiger partial charge in [-0.3, -0.25) is 4.79 Å². The Morgan fingerprint density at radius 2 is 1.76 bits per heavy atom. The lowest BCUT2D eigenvalue weighted by Crippen LogP contribution is -2.21. The molecule has 0 spiro atoms. The van der Waals surface area contributed by atoms with Crippen LogP contribution >= 0.6 is 23.5 Å². The number of alkyl halides is 3. The number of fused-ring (bicyclic) bond motifs is 1. The van der Waals surface area contributed by atoms with E-state index in [4.69, 9.17) is 4.42 Å².